The largest absolute Gasteiger partial charge is 0.473 e. The Labute approximate surface area is 202 Å². The van der Waals surface area contributed by atoms with E-state index in [0.717, 1.165) is 42.0 Å². The van der Waals surface area contributed by atoms with Crippen molar-refractivity contribution in [2.24, 2.45) is 0 Å². The molecule has 1 aliphatic heterocycles. The predicted octanol–water partition coefficient (Wildman–Crippen LogP) is 6.58. The van der Waals surface area contributed by atoms with Gasteiger partial charge >= 0.3 is 0 Å². The number of hydrogen-bond donors (Lipinski definition) is 0. The molecule has 0 aliphatic carbocycles. The zero-order valence-corrected chi connectivity index (χ0v) is 20.2. The molecule has 1 aliphatic rings. The second-order valence-corrected chi connectivity index (χ2v) is 9.36. The molecular weight excluding hydrogens is 416 g/mol. The molecule has 1 heterocycles. The highest BCUT2D eigenvalue weighted by atomic mass is 16.5. The van der Waals surface area contributed by atoms with E-state index in [0.29, 0.717) is 0 Å². The van der Waals surface area contributed by atoms with E-state index in [1.807, 2.05) is 12.1 Å². The van der Waals surface area contributed by atoms with Crippen LogP contribution in [0.15, 0.2) is 97.1 Å². The first-order valence-electron chi connectivity index (χ1n) is 12.0. The van der Waals surface area contributed by atoms with Crippen molar-refractivity contribution in [3.8, 4) is 5.75 Å². The van der Waals surface area contributed by atoms with E-state index in [9.17, 15) is 0 Å². The molecule has 0 N–H and O–H groups in total. The molecule has 34 heavy (non-hydrogen) atoms. The van der Waals surface area contributed by atoms with Crippen molar-refractivity contribution >= 4 is 22.5 Å². The van der Waals surface area contributed by atoms with Gasteiger partial charge in [0.25, 0.3) is 0 Å². The van der Waals surface area contributed by atoms with Crippen molar-refractivity contribution in [1.82, 2.24) is 4.90 Å². The van der Waals surface area contributed by atoms with Crippen LogP contribution in [-0.4, -0.2) is 39.1 Å². The monoisotopic (exact) mass is 448 g/mol. The number of ether oxygens (including phenoxy) is 1. The Morgan fingerprint density at radius 2 is 1.41 bits per heavy atom. The van der Waals surface area contributed by atoms with Gasteiger partial charge < -0.3 is 14.5 Å². The number of fused-ring (bicyclic) bond motifs is 3. The molecule has 0 saturated heterocycles. The van der Waals surface area contributed by atoms with E-state index >= 15 is 0 Å². The highest BCUT2D eigenvalue weighted by Gasteiger charge is 2.37. The summed E-state index contributed by atoms with van der Waals surface area (Å²) in [6.45, 7) is 2.13. The summed E-state index contributed by atoms with van der Waals surface area (Å²) in [4.78, 5) is 4.57. The molecule has 3 nitrogen and oxygen atoms in total. The van der Waals surface area contributed by atoms with E-state index in [1.54, 1.807) is 0 Å². The molecule has 0 radical (unpaired) electrons. The van der Waals surface area contributed by atoms with Gasteiger partial charge in [0.05, 0.1) is 0 Å². The lowest BCUT2D eigenvalue weighted by Crippen LogP contribution is -2.34. The van der Waals surface area contributed by atoms with Gasteiger partial charge in [-0.2, -0.15) is 0 Å². The zero-order chi connectivity index (χ0) is 23.5. The van der Waals surface area contributed by atoms with Crippen LogP contribution in [0, 0.1) is 0 Å². The minimum Gasteiger partial charge on any atom is -0.473 e. The molecular formula is C31H32N2O. The topological polar surface area (TPSA) is 15.7 Å². The minimum absolute atomic E-state index is 0.643. The predicted molar refractivity (Wildman–Crippen MR) is 144 cm³/mol. The maximum Gasteiger partial charge on any atom is 0.178 e. The summed E-state index contributed by atoms with van der Waals surface area (Å²) >= 11 is 0. The van der Waals surface area contributed by atoms with Gasteiger partial charge in [-0.3, -0.25) is 0 Å². The minimum atomic E-state index is -0.643. The fourth-order valence-corrected chi connectivity index (χ4v) is 4.83. The molecule has 0 bridgehead atoms. The summed E-state index contributed by atoms with van der Waals surface area (Å²) in [5.41, 5.74) is 3.99. The summed E-state index contributed by atoms with van der Waals surface area (Å²) in [5.74, 6) is 0.912. The van der Waals surface area contributed by atoms with Crippen LogP contribution >= 0.6 is 0 Å². The third-order valence-electron chi connectivity index (χ3n) is 6.71. The van der Waals surface area contributed by atoms with Crippen LogP contribution in [0.5, 0.6) is 5.75 Å². The van der Waals surface area contributed by atoms with Gasteiger partial charge in [0.2, 0.25) is 0 Å². The van der Waals surface area contributed by atoms with Gasteiger partial charge in [-0.05, 0) is 68.2 Å². The quantitative estimate of drug-likeness (QED) is 0.318. The smallest absolute Gasteiger partial charge is 0.178 e. The summed E-state index contributed by atoms with van der Waals surface area (Å²) < 4.78 is 6.85. The third-order valence-corrected chi connectivity index (χ3v) is 6.71. The van der Waals surface area contributed by atoms with Crippen LogP contribution < -0.4 is 9.64 Å². The number of nitrogens with zero attached hydrogens (tertiary/aromatic N) is 2. The molecule has 0 aromatic heterocycles. The molecule has 0 fully saturated rings. The van der Waals surface area contributed by atoms with E-state index < -0.39 is 5.60 Å². The van der Waals surface area contributed by atoms with Gasteiger partial charge in [0.15, 0.2) is 5.60 Å². The fraction of sp³-hybridized carbons (Fsp3) is 0.226. The van der Waals surface area contributed by atoms with Crippen LogP contribution in [0.3, 0.4) is 0 Å². The van der Waals surface area contributed by atoms with E-state index in [2.05, 4.69) is 122 Å². The third kappa shape index (κ3) is 4.20. The standard InChI is InChI=1S/C31H32N2O/c1-32(2)21-10-22-33(3)27-16-17-28-24(23-27)15-18-30-29(28)19-20-31(34-30,25-11-6-4-7-12-25)26-13-8-5-9-14-26/h4-9,11-20,23H,10,21-22H2,1-3H3. The Morgan fingerprint density at radius 3 is 2.06 bits per heavy atom. The first kappa shape index (κ1) is 22.2. The van der Waals surface area contributed by atoms with E-state index in [-0.39, 0.29) is 0 Å². The highest BCUT2D eigenvalue weighted by molar-refractivity contribution is 5.95. The Hall–Kier alpha value is -3.56. The Kier molecular flexibility index (Phi) is 6.12. The molecule has 172 valence electrons. The maximum absolute atomic E-state index is 6.85. The van der Waals surface area contributed by atoms with Crippen molar-refractivity contribution in [3.63, 3.8) is 0 Å². The summed E-state index contributed by atoms with van der Waals surface area (Å²) in [7, 11) is 6.42. The normalized spacial score (nSPS) is 14.1. The molecule has 0 unspecified atom stereocenters. The van der Waals surface area contributed by atoms with Crippen LogP contribution in [0.4, 0.5) is 5.69 Å². The molecule has 5 rings (SSSR count). The lowest BCUT2D eigenvalue weighted by Gasteiger charge is -2.36. The lowest BCUT2D eigenvalue weighted by molar-refractivity contribution is 0.161. The van der Waals surface area contributed by atoms with Gasteiger partial charge in [-0.15, -0.1) is 0 Å². The van der Waals surface area contributed by atoms with Crippen molar-refractivity contribution in [2.45, 2.75) is 12.0 Å². The average Bonchev–Trinajstić information content (AvgIpc) is 2.88. The first-order valence-corrected chi connectivity index (χ1v) is 12.0. The summed E-state index contributed by atoms with van der Waals surface area (Å²) in [6.07, 6.45) is 5.59. The fourth-order valence-electron chi connectivity index (χ4n) is 4.83. The number of benzene rings is 4. The average molecular weight is 449 g/mol. The molecule has 4 aromatic carbocycles. The highest BCUT2D eigenvalue weighted by Crippen LogP contribution is 2.44. The molecule has 3 heteroatoms. The first-order chi connectivity index (χ1) is 16.6. The summed E-state index contributed by atoms with van der Waals surface area (Å²) in [6, 6.07) is 32.0. The van der Waals surface area contributed by atoms with E-state index in [1.165, 1.54) is 16.5 Å². The maximum atomic E-state index is 6.85. The van der Waals surface area contributed by atoms with Gasteiger partial charge in [0.1, 0.15) is 5.75 Å². The number of hydrogen-bond acceptors (Lipinski definition) is 3. The van der Waals surface area contributed by atoms with Crippen molar-refractivity contribution < 1.29 is 4.74 Å². The Bertz CT molecular complexity index is 1260. The van der Waals surface area contributed by atoms with Gasteiger partial charge in [-0.1, -0.05) is 72.8 Å². The zero-order valence-electron chi connectivity index (χ0n) is 20.2. The van der Waals surface area contributed by atoms with Gasteiger partial charge in [-0.25, -0.2) is 0 Å². The molecule has 4 aromatic rings. The Balaban J connectivity index is 1.51. The van der Waals surface area contributed by atoms with Crippen molar-refractivity contribution in [3.05, 3.63) is 114 Å². The van der Waals surface area contributed by atoms with Crippen LogP contribution in [0.2, 0.25) is 0 Å². The van der Waals surface area contributed by atoms with E-state index in [4.69, 9.17) is 4.74 Å². The lowest BCUT2D eigenvalue weighted by atomic mass is 9.83. The SMILES string of the molecule is CN(C)CCCN(C)c1ccc2c3c(ccc2c1)OC(c1ccccc1)(c1ccccc1)C=C3. The van der Waals surface area contributed by atoms with Crippen LogP contribution in [-0.2, 0) is 5.60 Å². The second kappa shape index (κ2) is 9.36. The Morgan fingerprint density at radius 1 is 0.735 bits per heavy atom. The summed E-state index contributed by atoms with van der Waals surface area (Å²) in [5, 5.41) is 2.45. The molecule has 0 saturated carbocycles. The molecule has 0 amide bonds. The van der Waals surface area contributed by atoms with Crippen LogP contribution in [0.1, 0.15) is 23.1 Å². The number of anilines is 1. The molecule has 0 atom stereocenters. The number of rotatable bonds is 7. The van der Waals surface area contributed by atoms with Crippen molar-refractivity contribution in [2.75, 3.05) is 39.1 Å². The van der Waals surface area contributed by atoms with Crippen molar-refractivity contribution in [1.29, 1.82) is 0 Å². The van der Waals surface area contributed by atoms with Gasteiger partial charge in [0, 0.05) is 36.0 Å². The van der Waals surface area contributed by atoms with Crippen LogP contribution in [0.25, 0.3) is 16.8 Å². The molecule has 0 spiro atoms. The second-order valence-electron chi connectivity index (χ2n) is 9.36.